The van der Waals surface area contributed by atoms with Crippen molar-refractivity contribution in [3.8, 4) is 0 Å². The van der Waals surface area contributed by atoms with E-state index in [0.717, 1.165) is 16.8 Å². The lowest BCUT2D eigenvalue weighted by atomic mass is 9.75. The maximum absolute atomic E-state index is 12.9. The number of sulfone groups is 1. The van der Waals surface area contributed by atoms with Gasteiger partial charge in [0.05, 0.1) is 22.6 Å². The van der Waals surface area contributed by atoms with Gasteiger partial charge in [-0.15, -0.1) is 0 Å². The summed E-state index contributed by atoms with van der Waals surface area (Å²) in [5.74, 6) is 0.0564. The van der Waals surface area contributed by atoms with Crippen molar-refractivity contribution in [1.82, 2.24) is 5.32 Å². The third-order valence-corrected chi connectivity index (χ3v) is 8.27. The van der Waals surface area contributed by atoms with Crippen LogP contribution in [0.1, 0.15) is 48.3 Å². The molecule has 0 radical (unpaired) electrons. The lowest BCUT2D eigenvalue weighted by Crippen LogP contribution is -2.57. The predicted molar refractivity (Wildman–Crippen MR) is 137 cm³/mol. The molecule has 3 aromatic carbocycles. The highest BCUT2D eigenvalue weighted by atomic mass is 32.2. The van der Waals surface area contributed by atoms with Crippen LogP contribution in [0.2, 0.25) is 0 Å². The lowest BCUT2D eigenvalue weighted by Gasteiger charge is -2.49. The zero-order valence-electron chi connectivity index (χ0n) is 20.1. The van der Waals surface area contributed by atoms with E-state index >= 15 is 0 Å². The van der Waals surface area contributed by atoms with Crippen molar-refractivity contribution in [2.75, 3.05) is 10.7 Å². The fraction of sp³-hybridized carbons (Fsp3) is 0.286. The molecule has 1 N–H and O–H groups in total. The third kappa shape index (κ3) is 5.00. The van der Waals surface area contributed by atoms with Crippen LogP contribution in [0.15, 0.2) is 83.8 Å². The number of amides is 2. The highest BCUT2D eigenvalue weighted by molar-refractivity contribution is 7.91. The number of para-hydroxylation sites is 1. The fourth-order valence-corrected chi connectivity index (χ4v) is 5.38. The molecule has 1 saturated heterocycles. The van der Waals surface area contributed by atoms with E-state index in [2.05, 4.69) is 19.2 Å². The second-order valence-corrected chi connectivity index (χ2v) is 11.4. The van der Waals surface area contributed by atoms with Crippen molar-refractivity contribution in [3.05, 3.63) is 95.6 Å². The molecule has 0 aromatic heterocycles. The summed E-state index contributed by atoms with van der Waals surface area (Å²) in [6.45, 7) is 6.02. The number of β-lactam (4-membered cyclic amide) rings is 1. The van der Waals surface area contributed by atoms with Gasteiger partial charge < -0.3 is 10.2 Å². The monoisotopic (exact) mass is 490 g/mol. The standard InChI is InChI=1S/C28H30N2O4S/c1-4-35(33,34)24-16-10-20(11-17-24)18-29-27(31)22-14-12-21(13-15-22)26-25(19(2)3)28(32)30(26)23-8-6-5-7-9-23/h5-17,19,25-26H,4,18H2,1-3H3,(H,29,31)/t25-,26-/m1/s1. The van der Waals surface area contributed by atoms with Crippen LogP contribution in [0.3, 0.4) is 0 Å². The Labute approximate surface area is 206 Å². The van der Waals surface area contributed by atoms with Crippen LogP contribution in [0.5, 0.6) is 0 Å². The van der Waals surface area contributed by atoms with Crippen LogP contribution >= 0.6 is 0 Å². The molecule has 6 nitrogen and oxygen atoms in total. The molecule has 35 heavy (non-hydrogen) atoms. The first-order chi connectivity index (χ1) is 16.7. The molecule has 4 rings (SSSR count). The summed E-state index contributed by atoms with van der Waals surface area (Å²) in [7, 11) is -3.24. The van der Waals surface area contributed by atoms with E-state index in [1.54, 1.807) is 43.3 Å². The first kappa shape index (κ1) is 24.7. The number of rotatable bonds is 8. The van der Waals surface area contributed by atoms with Gasteiger partial charge in [0.2, 0.25) is 5.91 Å². The maximum Gasteiger partial charge on any atom is 0.251 e. The molecule has 0 unspecified atom stereocenters. The number of hydrogen-bond donors (Lipinski definition) is 1. The molecular weight excluding hydrogens is 460 g/mol. The number of nitrogens with zero attached hydrogens (tertiary/aromatic N) is 1. The molecule has 2 amide bonds. The number of anilines is 1. The van der Waals surface area contributed by atoms with Crippen LogP contribution in [0, 0.1) is 11.8 Å². The molecule has 2 atom stereocenters. The molecule has 182 valence electrons. The van der Waals surface area contributed by atoms with Crippen LogP contribution in [-0.2, 0) is 21.2 Å². The first-order valence-corrected chi connectivity index (χ1v) is 13.5. The molecule has 7 heteroatoms. The summed E-state index contributed by atoms with van der Waals surface area (Å²) in [4.78, 5) is 27.7. The molecule has 0 saturated carbocycles. The summed E-state index contributed by atoms with van der Waals surface area (Å²) in [5, 5.41) is 2.88. The third-order valence-electron chi connectivity index (χ3n) is 6.52. The van der Waals surface area contributed by atoms with Crippen molar-refractivity contribution in [1.29, 1.82) is 0 Å². The van der Waals surface area contributed by atoms with Gasteiger partial charge in [0.15, 0.2) is 9.84 Å². The Kier molecular flexibility index (Phi) is 7.08. The van der Waals surface area contributed by atoms with Gasteiger partial charge >= 0.3 is 0 Å². The zero-order valence-corrected chi connectivity index (χ0v) is 21.0. The minimum Gasteiger partial charge on any atom is -0.348 e. The molecule has 0 bridgehead atoms. The van der Waals surface area contributed by atoms with E-state index in [1.807, 2.05) is 47.4 Å². The Morgan fingerprint density at radius 2 is 1.57 bits per heavy atom. The topological polar surface area (TPSA) is 83.5 Å². The Hall–Kier alpha value is -3.45. The van der Waals surface area contributed by atoms with Crippen molar-refractivity contribution in [2.24, 2.45) is 11.8 Å². The fourth-order valence-electron chi connectivity index (χ4n) is 4.49. The first-order valence-electron chi connectivity index (χ1n) is 11.8. The van der Waals surface area contributed by atoms with Gasteiger partial charge in [0, 0.05) is 17.8 Å². The Morgan fingerprint density at radius 3 is 2.14 bits per heavy atom. The summed E-state index contributed by atoms with van der Waals surface area (Å²) in [6.07, 6.45) is 0. The largest absolute Gasteiger partial charge is 0.348 e. The number of carbonyl (C=O) groups is 2. The van der Waals surface area contributed by atoms with E-state index in [0.29, 0.717) is 12.1 Å². The summed E-state index contributed by atoms with van der Waals surface area (Å²) in [6, 6.07) is 23.5. The van der Waals surface area contributed by atoms with E-state index in [1.165, 1.54) is 0 Å². The highest BCUT2D eigenvalue weighted by Gasteiger charge is 2.49. The van der Waals surface area contributed by atoms with Crippen molar-refractivity contribution < 1.29 is 18.0 Å². The molecule has 3 aromatic rings. The van der Waals surface area contributed by atoms with E-state index < -0.39 is 9.84 Å². The number of hydrogen-bond acceptors (Lipinski definition) is 4. The van der Waals surface area contributed by atoms with Crippen LogP contribution < -0.4 is 10.2 Å². The average Bonchev–Trinajstić information content (AvgIpc) is 2.86. The van der Waals surface area contributed by atoms with Gasteiger partial charge in [-0.3, -0.25) is 9.59 Å². The maximum atomic E-state index is 12.9. The highest BCUT2D eigenvalue weighted by Crippen LogP contribution is 2.46. The zero-order chi connectivity index (χ0) is 25.2. The predicted octanol–water partition coefficient (Wildman–Crippen LogP) is 4.77. The second kappa shape index (κ2) is 10.0. The Bertz CT molecular complexity index is 1300. The molecule has 0 spiro atoms. The van der Waals surface area contributed by atoms with Gasteiger partial charge in [0.25, 0.3) is 5.91 Å². The van der Waals surface area contributed by atoms with E-state index in [9.17, 15) is 18.0 Å². The normalized spacial score (nSPS) is 17.8. The molecule has 1 fully saturated rings. The Balaban J connectivity index is 1.45. The van der Waals surface area contributed by atoms with Gasteiger partial charge in [0.1, 0.15) is 0 Å². The molecule has 1 aliphatic rings. The van der Waals surface area contributed by atoms with Crippen molar-refractivity contribution in [3.63, 3.8) is 0 Å². The van der Waals surface area contributed by atoms with Crippen LogP contribution in [-0.4, -0.2) is 26.0 Å². The molecule has 1 aliphatic heterocycles. The SMILES string of the molecule is CCS(=O)(=O)c1ccc(CNC(=O)c2ccc([C@@H]3[C@@H](C(C)C)C(=O)N3c3ccccc3)cc2)cc1. The van der Waals surface area contributed by atoms with Crippen molar-refractivity contribution in [2.45, 2.75) is 38.3 Å². The van der Waals surface area contributed by atoms with Gasteiger partial charge in [-0.05, 0) is 53.4 Å². The number of carbonyl (C=O) groups excluding carboxylic acids is 2. The molecule has 0 aliphatic carbocycles. The van der Waals surface area contributed by atoms with E-state index in [4.69, 9.17) is 0 Å². The molecule has 1 heterocycles. The summed E-state index contributed by atoms with van der Waals surface area (Å²) < 4.78 is 23.9. The Morgan fingerprint density at radius 1 is 0.943 bits per heavy atom. The second-order valence-electron chi connectivity index (χ2n) is 9.11. The van der Waals surface area contributed by atoms with E-state index in [-0.39, 0.29) is 40.3 Å². The van der Waals surface area contributed by atoms with Crippen LogP contribution in [0.4, 0.5) is 5.69 Å². The number of nitrogens with one attached hydrogen (secondary N) is 1. The van der Waals surface area contributed by atoms with Gasteiger partial charge in [-0.1, -0.05) is 63.2 Å². The number of benzene rings is 3. The summed E-state index contributed by atoms with van der Waals surface area (Å²) >= 11 is 0. The van der Waals surface area contributed by atoms with Gasteiger partial charge in [-0.25, -0.2) is 8.42 Å². The summed E-state index contributed by atoms with van der Waals surface area (Å²) in [5.41, 5.74) is 3.21. The minimum atomic E-state index is -3.24. The smallest absolute Gasteiger partial charge is 0.251 e. The molecular formula is C28H30N2O4S. The lowest BCUT2D eigenvalue weighted by molar-refractivity contribution is -0.132. The van der Waals surface area contributed by atoms with Gasteiger partial charge in [-0.2, -0.15) is 0 Å². The van der Waals surface area contributed by atoms with Crippen LogP contribution in [0.25, 0.3) is 0 Å². The minimum absolute atomic E-state index is 0.0507. The van der Waals surface area contributed by atoms with Crippen molar-refractivity contribution >= 4 is 27.3 Å². The quantitative estimate of drug-likeness (QED) is 0.461. The average molecular weight is 491 g/mol.